The molecule has 1 aromatic heterocycles. The van der Waals surface area contributed by atoms with E-state index in [4.69, 9.17) is 5.11 Å². The average molecular weight is 227 g/mol. The lowest BCUT2D eigenvalue weighted by molar-refractivity contribution is -0.143. The van der Waals surface area contributed by atoms with Crippen LogP contribution in [0.4, 0.5) is 0 Å². The number of para-hydroxylation sites is 1. The fourth-order valence-corrected chi connectivity index (χ4v) is 2.17. The standard InChI is InChI=1S/C14H13NO2/c16-13(17)14(7-8-14)9-11-6-5-10-3-1-2-4-12(10)15-11/h1-6H,7-9H2,(H,16,17). The molecule has 1 N–H and O–H groups in total. The molecule has 1 aliphatic carbocycles. The predicted molar refractivity (Wildman–Crippen MR) is 64.7 cm³/mol. The minimum Gasteiger partial charge on any atom is -0.481 e. The van der Waals surface area contributed by atoms with E-state index >= 15 is 0 Å². The van der Waals surface area contributed by atoms with Crippen LogP contribution in [0.1, 0.15) is 18.5 Å². The summed E-state index contributed by atoms with van der Waals surface area (Å²) in [5.74, 6) is -0.688. The molecule has 17 heavy (non-hydrogen) atoms. The summed E-state index contributed by atoms with van der Waals surface area (Å²) < 4.78 is 0. The minimum atomic E-state index is -0.688. The molecule has 0 aliphatic heterocycles. The Hall–Kier alpha value is -1.90. The number of benzene rings is 1. The first kappa shape index (κ1) is 10.3. The maximum Gasteiger partial charge on any atom is 0.310 e. The Kier molecular flexibility index (Phi) is 2.15. The fourth-order valence-electron chi connectivity index (χ4n) is 2.17. The van der Waals surface area contributed by atoms with Gasteiger partial charge in [0.1, 0.15) is 0 Å². The first-order valence-corrected chi connectivity index (χ1v) is 5.78. The first-order chi connectivity index (χ1) is 8.20. The summed E-state index contributed by atoms with van der Waals surface area (Å²) in [6.45, 7) is 0. The van der Waals surface area contributed by atoms with Crippen molar-refractivity contribution in [3.63, 3.8) is 0 Å². The highest BCUT2D eigenvalue weighted by Gasteiger charge is 2.50. The molecule has 2 aromatic rings. The van der Waals surface area contributed by atoms with Crippen LogP contribution in [-0.2, 0) is 11.2 Å². The molecule has 0 spiro atoms. The first-order valence-electron chi connectivity index (χ1n) is 5.78. The van der Waals surface area contributed by atoms with Gasteiger partial charge in [-0.25, -0.2) is 0 Å². The Labute approximate surface area is 99.1 Å². The van der Waals surface area contributed by atoms with Crippen LogP contribution in [0.2, 0.25) is 0 Å². The highest BCUT2D eigenvalue weighted by atomic mass is 16.4. The van der Waals surface area contributed by atoms with Crippen LogP contribution in [-0.4, -0.2) is 16.1 Å². The highest BCUT2D eigenvalue weighted by molar-refractivity contribution is 5.80. The zero-order valence-corrected chi connectivity index (χ0v) is 9.39. The monoisotopic (exact) mass is 227 g/mol. The number of carbonyl (C=O) groups is 1. The van der Waals surface area contributed by atoms with Crippen LogP contribution in [0.3, 0.4) is 0 Å². The van der Waals surface area contributed by atoms with Crippen molar-refractivity contribution < 1.29 is 9.90 Å². The molecule has 0 bridgehead atoms. The Morgan fingerprint density at radius 3 is 2.71 bits per heavy atom. The number of aromatic nitrogens is 1. The van der Waals surface area contributed by atoms with E-state index in [0.29, 0.717) is 6.42 Å². The van der Waals surface area contributed by atoms with E-state index in [0.717, 1.165) is 29.4 Å². The topological polar surface area (TPSA) is 50.2 Å². The number of pyridine rings is 1. The molecule has 0 unspecified atom stereocenters. The Morgan fingerprint density at radius 2 is 2.00 bits per heavy atom. The molecular formula is C14H13NO2. The summed E-state index contributed by atoms with van der Waals surface area (Å²) in [4.78, 5) is 15.6. The van der Waals surface area contributed by atoms with Crippen molar-refractivity contribution in [1.82, 2.24) is 4.98 Å². The number of aliphatic carboxylic acids is 1. The van der Waals surface area contributed by atoms with E-state index in [9.17, 15) is 4.79 Å². The molecule has 1 aliphatic rings. The maximum atomic E-state index is 11.1. The van der Waals surface area contributed by atoms with Gasteiger partial charge in [-0.2, -0.15) is 0 Å². The van der Waals surface area contributed by atoms with Crippen molar-refractivity contribution in [2.45, 2.75) is 19.3 Å². The molecule has 0 atom stereocenters. The third-order valence-corrected chi connectivity index (χ3v) is 3.48. The van der Waals surface area contributed by atoms with Crippen LogP contribution >= 0.6 is 0 Å². The minimum absolute atomic E-state index is 0.532. The number of carboxylic acid groups (broad SMARTS) is 1. The van der Waals surface area contributed by atoms with Crippen molar-refractivity contribution in [2.75, 3.05) is 0 Å². The lowest BCUT2D eigenvalue weighted by Crippen LogP contribution is -2.18. The molecule has 3 rings (SSSR count). The van der Waals surface area contributed by atoms with Crippen LogP contribution in [0.5, 0.6) is 0 Å². The Morgan fingerprint density at radius 1 is 1.24 bits per heavy atom. The number of fused-ring (bicyclic) bond motifs is 1. The van der Waals surface area contributed by atoms with E-state index in [1.807, 2.05) is 36.4 Å². The maximum absolute atomic E-state index is 11.1. The summed E-state index contributed by atoms with van der Waals surface area (Å²) in [6, 6.07) is 11.8. The Bertz CT molecular complexity index is 588. The summed E-state index contributed by atoms with van der Waals surface area (Å²) >= 11 is 0. The summed E-state index contributed by atoms with van der Waals surface area (Å²) in [5.41, 5.74) is 1.28. The van der Waals surface area contributed by atoms with Gasteiger partial charge in [-0.1, -0.05) is 24.3 Å². The lowest BCUT2D eigenvalue weighted by Gasteiger charge is -2.09. The number of hydrogen-bond acceptors (Lipinski definition) is 2. The zero-order chi connectivity index (χ0) is 11.9. The molecular weight excluding hydrogens is 214 g/mol. The molecule has 1 aromatic carbocycles. The molecule has 1 fully saturated rings. The average Bonchev–Trinajstić information content (AvgIpc) is 3.10. The van der Waals surface area contributed by atoms with Gasteiger partial charge in [-0.15, -0.1) is 0 Å². The zero-order valence-electron chi connectivity index (χ0n) is 9.39. The Balaban J connectivity index is 1.94. The third kappa shape index (κ3) is 1.78. The largest absolute Gasteiger partial charge is 0.481 e. The van der Waals surface area contributed by atoms with E-state index in [1.165, 1.54) is 0 Å². The number of rotatable bonds is 3. The molecule has 86 valence electrons. The molecule has 0 saturated heterocycles. The van der Waals surface area contributed by atoms with E-state index < -0.39 is 11.4 Å². The van der Waals surface area contributed by atoms with Crippen molar-refractivity contribution in [2.24, 2.45) is 5.41 Å². The van der Waals surface area contributed by atoms with Gasteiger partial charge in [0.15, 0.2) is 0 Å². The molecule has 0 amide bonds. The van der Waals surface area contributed by atoms with Gasteiger partial charge < -0.3 is 5.11 Å². The molecule has 1 heterocycles. The second kappa shape index (κ2) is 3.55. The summed E-state index contributed by atoms with van der Waals surface area (Å²) in [5, 5.41) is 10.2. The fraction of sp³-hybridized carbons (Fsp3) is 0.286. The van der Waals surface area contributed by atoms with Gasteiger partial charge in [-0.05, 0) is 25.0 Å². The quantitative estimate of drug-likeness (QED) is 0.876. The van der Waals surface area contributed by atoms with Gasteiger partial charge in [0, 0.05) is 17.5 Å². The van der Waals surface area contributed by atoms with Gasteiger partial charge in [-0.3, -0.25) is 9.78 Å². The SMILES string of the molecule is O=C(O)C1(Cc2ccc3ccccc3n2)CC1. The van der Waals surface area contributed by atoms with Crippen LogP contribution in [0, 0.1) is 5.41 Å². The van der Waals surface area contributed by atoms with Crippen molar-refractivity contribution in [1.29, 1.82) is 0 Å². The van der Waals surface area contributed by atoms with Crippen molar-refractivity contribution in [3.05, 3.63) is 42.1 Å². The smallest absolute Gasteiger partial charge is 0.310 e. The highest BCUT2D eigenvalue weighted by Crippen LogP contribution is 2.48. The van der Waals surface area contributed by atoms with Gasteiger partial charge in [0.25, 0.3) is 0 Å². The molecule has 3 heteroatoms. The third-order valence-electron chi connectivity index (χ3n) is 3.48. The van der Waals surface area contributed by atoms with E-state index in [1.54, 1.807) is 0 Å². The van der Waals surface area contributed by atoms with Crippen molar-refractivity contribution in [3.8, 4) is 0 Å². The van der Waals surface area contributed by atoms with Crippen LogP contribution < -0.4 is 0 Å². The van der Waals surface area contributed by atoms with E-state index in [-0.39, 0.29) is 0 Å². The van der Waals surface area contributed by atoms with Gasteiger partial charge in [0.05, 0.1) is 10.9 Å². The number of hydrogen-bond donors (Lipinski definition) is 1. The van der Waals surface area contributed by atoms with Crippen LogP contribution in [0.15, 0.2) is 36.4 Å². The van der Waals surface area contributed by atoms with Gasteiger partial charge >= 0.3 is 5.97 Å². The number of nitrogens with zero attached hydrogens (tertiary/aromatic N) is 1. The summed E-state index contributed by atoms with van der Waals surface area (Å²) in [6.07, 6.45) is 2.10. The van der Waals surface area contributed by atoms with Gasteiger partial charge in [0.2, 0.25) is 0 Å². The second-order valence-corrected chi connectivity index (χ2v) is 4.76. The normalized spacial score (nSPS) is 16.9. The molecule has 1 saturated carbocycles. The predicted octanol–water partition coefficient (Wildman–Crippen LogP) is 2.64. The van der Waals surface area contributed by atoms with Crippen LogP contribution in [0.25, 0.3) is 10.9 Å². The lowest BCUT2D eigenvalue weighted by atomic mass is 10.00. The van der Waals surface area contributed by atoms with Crippen molar-refractivity contribution >= 4 is 16.9 Å². The second-order valence-electron chi connectivity index (χ2n) is 4.76. The molecule has 3 nitrogen and oxygen atoms in total. The molecule has 0 radical (unpaired) electrons. The number of carboxylic acids is 1. The van der Waals surface area contributed by atoms with E-state index in [2.05, 4.69) is 4.98 Å². The summed E-state index contributed by atoms with van der Waals surface area (Å²) in [7, 11) is 0.